The lowest BCUT2D eigenvalue weighted by Crippen LogP contribution is -2.31. The minimum atomic E-state index is -0.336. The second-order valence-electron chi connectivity index (χ2n) is 4.49. The van der Waals surface area contributed by atoms with E-state index < -0.39 is 0 Å². The topological polar surface area (TPSA) is 38.3 Å². The van der Waals surface area contributed by atoms with E-state index in [0.717, 1.165) is 22.1 Å². The van der Waals surface area contributed by atoms with Crippen LogP contribution in [-0.2, 0) is 4.79 Å². The first-order chi connectivity index (χ1) is 7.53. The summed E-state index contributed by atoms with van der Waals surface area (Å²) in [6, 6.07) is 5.71. The molecule has 0 fully saturated rings. The predicted molar refractivity (Wildman–Crippen MR) is 66.1 cm³/mol. The van der Waals surface area contributed by atoms with Crippen molar-refractivity contribution in [2.45, 2.75) is 18.7 Å². The average molecular weight is 237 g/mol. The highest BCUT2D eigenvalue weighted by molar-refractivity contribution is 7.99. The molecule has 0 radical (unpaired) electrons. The first-order valence-corrected chi connectivity index (χ1v) is 6.14. The molecular weight excluding hydrogens is 222 g/mol. The van der Waals surface area contributed by atoms with Crippen LogP contribution in [-0.4, -0.2) is 18.8 Å². The number of rotatable bonds is 1. The number of carbonyl (C=O) groups is 1. The molecule has 0 aromatic heterocycles. The summed E-state index contributed by atoms with van der Waals surface area (Å²) < 4.78 is 5.17. The van der Waals surface area contributed by atoms with Crippen molar-refractivity contribution in [1.29, 1.82) is 0 Å². The SMILES string of the molecule is COc1ccc2c(c1)SCC(C)(C)C(=O)N2. The second-order valence-corrected chi connectivity index (χ2v) is 5.51. The van der Waals surface area contributed by atoms with Crippen molar-refractivity contribution < 1.29 is 9.53 Å². The van der Waals surface area contributed by atoms with E-state index in [1.54, 1.807) is 18.9 Å². The van der Waals surface area contributed by atoms with Crippen molar-refractivity contribution in [3.63, 3.8) is 0 Å². The van der Waals surface area contributed by atoms with Crippen LogP contribution in [0.5, 0.6) is 5.75 Å². The van der Waals surface area contributed by atoms with Crippen LogP contribution in [0.4, 0.5) is 5.69 Å². The van der Waals surface area contributed by atoms with Crippen molar-refractivity contribution >= 4 is 23.4 Å². The third-order valence-corrected chi connectivity index (χ3v) is 4.15. The molecular formula is C12H15NO2S. The van der Waals surface area contributed by atoms with E-state index >= 15 is 0 Å². The predicted octanol–water partition coefficient (Wildman–Crippen LogP) is 2.77. The quantitative estimate of drug-likeness (QED) is 0.816. The van der Waals surface area contributed by atoms with Crippen LogP contribution < -0.4 is 10.1 Å². The standard InChI is InChI=1S/C12H15NO2S/c1-12(2)7-16-10-6-8(15-3)4-5-9(10)13-11(12)14/h4-6H,7H2,1-3H3,(H,13,14). The molecule has 0 bridgehead atoms. The van der Waals surface area contributed by atoms with Gasteiger partial charge in [-0.15, -0.1) is 11.8 Å². The van der Waals surface area contributed by atoms with Crippen LogP contribution in [0.25, 0.3) is 0 Å². The van der Waals surface area contributed by atoms with Crippen LogP contribution in [0.15, 0.2) is 23.1 Å². The van der Waals surface area contributed by atoms with Gasteiger partial charge in [0.25, 0.3) is 0 Å². The number of hydrogen-bond donors (Lipinski definition) is 1. The maximum absolute atomic E-state index is 11.9. The summed E-state index contributed by atoms with van der Waals surface area (Å²) in [5.41, 5.74) is 0.540. The maximum Gasteiger partial charge on any atom is 0.230 e. The summed E-state index contributed by atoms with van der Waals surface area (Å²) in [5, 5.41) is 2.95. The van der Waals surface area contributed by atoms with E-state index in [1.807, 2.05) is 32.0 Å². The Hall–Kier alpha value is -1.16. The van der Waals surface area contributed by atoms with Crippen molar-refractivity contribution in [2.75, 3.05) is 18.2 Å². The van der Waals surface area contributed by atoms with Gasteiger partial charge in [-0.1, -0.05) is 13.8 Å². The zero-order chi connectivity index (χ0) is 11.8. The van der Waals surface area contributed by atoms with Gasteiger partial charge in [-0.2, -0.15) is 0 Å². The summed E-state index contributed by atoms with van der Waals surface area (Å²) in [5.74, 6) is 1.67. The molecule has 1 heterocycles. The normalized spacial score (nSPS) is 18.3. The van der Waals surface area contributed by atoms with Gasteiger partial charge in [0.05, 0.1) is 18.2 Å². The highest BCUT2D eigenvalue weighted by Gasteiger charge is 2.31. The van der Waals surface area contributed by atoms with Gasteiger partial charge in [-0.3, -0.25) is 4.79 Å². The van der Waals surface area contributed by atoms with Crippen molar-refractivity contribution in [1.82, 2.24) is 0 Å². The Morgan fingerprint density at radius 3 is 2.88 bits per heavy atom. The fourth-order valence-electron chi connectivity index (χ4n) is 1.47. The molecule has 1 amide bonds. The smallest absolute Gasteiger partial charge is 0.230 e. The zero-order valence-corrected chi connectivity index (χ0v) is 10.5. The number of hydrogen-bond acceptors (Lipinski definition) is 3. The van der Waals surface area contributed by atoms with Gasteiger partial charge in [-0.05, 0) is 18.2 Å². The number of nitrogens with one attached hydrogen (secondary N) is 1. The first-order valence-electron chi connectivity index (χ1n) is 5.15. The number of amides is 1. The molecule has 4 heteroatoms. The Balaban J connectivity index is 2.37. The van der Waals surface area contributed by atoms with Crippen LogP contribution in [0.2, 0.25) is 0 Å². The molecule has 0 spiro atoms. The molecule has 1 aromatic carbocycles. The fourth-order valence-corrected chi connectivity index (χ4v) is 2.59. The van der Waals surface area contributed by atoms with Gasteiger partial charge >= 0.3 is 0 Å². The van der Waals surface area contributed by atoms with Crippen molar-refractivity contribution in [2.24, 2.45) is 5.41 Å². The number of thioether (sulfide) groups is 1. The molecule has 1 aliphatic heterocycles. The maximum atomic E-state index is 11.9. The summed E-state index contributed by atoms with van der Waals surface area (Å²) in [4.78, 5) is 13.0. The molecule has 0 aliphatic carbocycles. The Morgan fingerprint density at radius 2 is 2.19 bits per heavy atom. The Morgan fingerprint density at radius 1 is 1.44 bits per heavy atom. The number of carbonyl (C=O) groups excluding carboxylic acids is 1. The zero-order valence-electron chi connectivity index (χ0n) is 9.66. The number of fused-ring (bicyclic) bond motifs is 1. The van der Waals surface area contributed by atoms with Crippen LogP contribution in [0.1, 0.15) is 13.8 Å². The van der Waals surface area contributed by atoms with E-state index in [-0.39, 0.29) is 11.3 Å². The number of anilines is 1. The Labute approximate surface area is 99.6 Å². The lowest BCUT2D eigenvalue weighted by Gasteiger charge is -2.18. The summed E-state index contributed by atoms with van der Waals surface area (Å²) >= 11 is 1.69. The molecule has 1 N–H and O–H groups in total. The fraction of sp³-hybridized carbons (Fsp3) is 0.417. The molecule has 0 atom stereocenters. The van der Waals surface area contributed by atoms with E-state index in [4.69, 9.17) is 4.74 Å². The van der Waals surface area contributed by atoms with E-state index in [2.05, 4.69) is 5.32 Å². The van der Waals surface area contributed by atoms with Crippen molar-refractivity contribution in [3.8, 4) is 5.75 Å². The molecule has 1 aromatic rings. The summed E-state index contributed by atoms with van der Waals surface area (Å²) in [7, 11) is 1.64. The molecule has 3 nitrogen and oxygen atoms in total. The number of methoxy groups -OCH3 is 1. The molecule has 86 valence electrons. The summed E-state index contributed by atoms with van der Waals surface area (Å²) in [6.07, 6.45) is 0. The molecule has 2 rings (SSSR count). The Kier molecular flexibility index (Phi) is 2.84. The highest BCUT2D eigenvalue weighted by Crippen LogP contribution is 2.38. The highest BCUT2D eigenvalue weighted by atomic mass is 32.2. The average Bonchev–Trinajstić information content (AvgIpc) is 2.37. The molecule has 0 saturated heterocycles. The van der Waals surface area contributed by atoms with Crippen LogP contribution in [0, 0.1) is 5.41 Å². The first kappa shape index (κ1) is 11.3. The second kappa shape index (κ2) is 4.01. The minimum absolute atomic E-state index is 0.0731. The Bertz CT molecular complexity index is 429. The molecule has 16 heavy (non-hydrogen) atoms. The lowest BCUT2D eigenvalue weighted by atomic mass is 9.95. The van der Waals surface area contributed by atoms with Gasteiger partial charge in [-0.25, -0.2) is 0 Å². The van der Waals surface area contributed by atoms with E-state index in [0.29, 0.717) is 0 Å². The van der Waals surface area contributed by atoms with Gasteiger partial charge < -0.3 is 10.1 Å². The number of benzene rings is 1. The lowest BCUT2D eigenvalue weighted by molar-refractivity contribution is -0.122. The van der Waals surface area contributed by atoms with Crippen molar-refractivity contribution in [3.05, 3.63) is 18.2 Å². The van der Waals surface area contributed by atoms with Gasteiger partial charge in [0.15, 0.2) is 0 Å². The molecule has 1 aliphatic rings. The monoisotopic (exact) mass is 237 g/mol. The molecule has 0 saturated carbocycles. The largest absolute Gasteiger partial charge is 0.497 e. The van der Waals surface area contributed by atoms with Gasteiger partial charge in [0.2, 0.25) is 5.91 Å². The minimum Gasteiger partial charge on any atom is -0.497 e. The number of ether oxygens (including phenoxy) is 1. The summed E-state index contributed by atoms with van der Waals surface area (Å²) in [6.45, 7) is 3.91. The van der Waals surface area contributed by atoms with E-state index in [1.165, 1.54) is 0 Å². The third kappa shape index (κ3) is 2.02. The van der Waals surface area contributed by atoms with Gasteiger partial charge in [0, 0.05) is 10.6 Å². The van der Waals surface area contributed by atoms with Gasteiger partial charge in [0.1, 0.15) is 5.75 Å². The van der Waals surface area contributed by atoms with Crippen LogP contribution >= 0.6 is 11.8 Å². The molecule has 0 unspecified atom stereocenters. The van der Waals surface area contributed by atoms with Crippen LogP contribution in [0.3, 0.4) is 0 Å². The third-order valence-electron chi connectivity index (χ3n) is 2.64. The van der Waals surface area contributed by atoms with E-state index in [9.17, 15) is 4.79 Å².